The van der Waals surface area contributed by atoms with E-state index in [1.54, 1.807) is 6.92 Å². The van der Waals surface area contributed by atoms with Gasteiger partial charge in [0.1, 0.15) is 16.8 Å². The van der Waals surface area contributed by atoms with Crippen LogP contribution in [0.4, 0.5) is 17.6 Å². The number of alkyl halides is 3. The van der Waals surface area contributed by atoms with Gasteiger partial charge in [0.05, 0.1) is 16.7 Å². The van der Waals surface area contributed by atoms with Gasteiger partial charge >= 0.3 is 17.7 Å². The van der Waals surface area contributed by atoms with Gasteiger partial charge in [-0.05, 0) is 55.7 Å². The lowest BCUT2D eigenvalue weighted by molar-refractivity contribution is -0.211. The number of halogens is 5. The van der Waals surface area contributed by atoms with Gasteiger partial charge in [-0.15, -0.1) is 0 Å². The fraction of sp³-hybridized carbons (Fsp3) is 0.600. The number of carbonyl (C=O) groups is 1. The first-order valence-corrected chi connectivity index (χ1v) is 13.2. The second-order valence-electron chi connectivity index (χ2n) is 10.3. The highest BCUT2D eigenvalue weighted by Crippen LogP contribution is 2.41. The van der Waals surface area contributed by atoms with Crippen LogP contribution in [0.25, 0.3) is 5.69 Å². The average Bonchev–Trinajstić information content (AvgIpc) is 3.17. The molecule has 2 aromatic rings. The number of nitrogens with zero attached hydrogens (tertiary/aromatic N) is 2. The Balaban J connectivity index is 0.00000161. The van der Waals surface area contributed by atoms with Crippen molar-refractivity contribution in [3.63, 3.8) is 0 Å². The summed E-state index contributed by atoms with van der Waals surface area (Å²) in [6.45, 7) is 6.04. The van der Waals surface area contributed by atoms with E-state index in [1.807, 2.05) is 0 Å². The smallest absolute Gasteiger partial charge is 0.388 e. The molecule has 38 heavy (non-hydrogen) atoms. The molecule has 0 unspecified atom stereocenters. The van der Waals surface area contributed by atoms with Crippen LogP contribution >= 0.6 is 11.6 Å². The molecular weight excluding hydrogens is 550 g/mol. The SMILES string of the molecule is CCc1nc(C(=O)NCC2(O)CCC(C)CC2)c(Cl)n1-c1ccc(CC(C)(C)C(F)(F)F)c(F)c1.O=S=O. The minimum atomic E-state index is -4.48. The van der Waals surface area contributed by atoms with Crippen LogP contribution in [-0.2, 0) is 24.4 Å². The number of nitrogens with one attached hydrogen (secondary N) is 1. The summed E-state index contributed by atoms with van der Waals surface area (Å²) in [5.74, 6) is -0.423. The highest BCUT2D eigenvalue weighted by atomic mass is 35.5. The summed E-state index contributed by atoms with van der Waals surface area (Å²) in [6.07, 6.45) is -1.68. The Labute approximate surface area is 227 Å². The van der Waals surface area contributed by atoms with Crippen molar-refractivity contribution in [3.8, 4) is 5.69 Å². The number of hydrogen-bond donors (Lipinski definition) is 2. The Morgan fingerprint density at radius 1 is 1.26 bits per heavy atom. The average molecular weight is 582 g/mol. The lowest BCUT2D eigenvalue weighted by Gasteiger charge is -2.34. The van der Waals surface area contributed by atoms with E-state index in [9.17, 15) is 27.5 Å². The van der Waals surface area contributed by atoms with E-state index in [2.05, 4.69) is 17.2 Å². The van der Waals surface area contributed by atoms with Gasteiger partial charge in [0.15, 0.2) is 5.69 Å². The van der Waals surface area contributed by atoms with E-state index < -0.39 is 46.9 Å². The normalized spacial score (nSPS) is 19.9. The lowest BCUT2D eigenvalue weighted by Crippen LogP contribution is -2.45. The number of amides is 1. The maximum atomic E-state index is 14.8. The van der Waals surface area contributed by atoms with Crippen LogP contribution in [0.15, 0.2) is 18.2 Å². The van der Waals surface area contributed by atoms with E-state index in [0.29, 0.717) is 31.0 Å². The molecule has 0 atom stereocenters. The molecule has 2 N–H and O–H groups in total. The standard InChI is InChI=1S/C25H32ClF4N3O2.O2S/c1-5-19-32-20(22(34)31-14-24(35)10-8-15(2)9-11-24)21(26)33(19)17-7-6-16(18(27)12-17)13-23(3,4)25(28,29)30;1-3-2/h6-7,12,15,35H,5,8-11,13-14H2,1-4H3,(H,31,34);. The molecule has 1 saturated carbocycles. The molecular formula is C25H32ClF4N3O4S. The molecule has 1 amide bonds. The van der Waals surface area contributed by atoms with Gasteiger partial charge in [0, 0.05) is 13.0 Å². The third kappa shape index (κ3) is 7.63. The zero-order valence-corrected chi connectivity index (χ0v) is 23.2. The molecule has 1 aromatic carbocycles. The largest absolute Gasteiger partial charge is 0.394 e. The van der Waals surface area contributed by atoms with Crippen LogP contribution in [0.3, 0.4) is 0 Å². The summed E-state index contributed by atoms with van der Waals surface area (Å²) in [5.41, 5.74) is -2.95. The molecule has 0 bridgehead atoms. The van der Waals surface area contributed by atoms with Crippen molar-refractivity contribution in [2.45, 2.75) is 78.0 Å². The lowest BCUT2D eigenvalue weighted by atomic mass is 9.79. The summed E-state index contributed by atoms with van der Waals surface area (Å²) in [4.78, 5) is 17.1. The van der Waals surface area contributed by atoms with Crippen LogP contribution in [0, 0.1) is 17.2 Å². The van der Waals surface area contributed by atoms with Crippen LogP contribution in [0.1, 0.15) is 75.3 Å². The molecule has 1 heterocycles. The van der Waals surface area contributed by atoms with Gasteiger partial charge in [-0.2, -0.15) is 21.6 Å². The number of benzene rings is 1. The van der Waals surface area contributed by atoms with Crippen molar-refractivity contribution in [2.75, 3.05) is 6.54 Å². The first kappa shape index (κ1) is 31.9. The van der Waals surface area contributed by atoms with Crippen LogP contribution in [0.2, 0.25) is 5.15 Å². The first-order chi connectivity index (χ1) is 17.6. The fourth-order valence-corrected chi connectivity index (χ4v) is 4.61. The third-order valence-corrected chi connectivity index (χ3v) is 7.25. The van der Waals surface area contributed by atoms with E-state index in [0.717, 1.165) is 32.8 Å². The minimum absolute atomic E-state index is 0.0358. The number of imidazole rings is 1. The second kappa shape index (κ2) is 12.7. The number of aryl methyl sites for hydroxylation is 1. The fourth-order valence-electron chi connectivity index (χ4n) is 4.29. The molecule has 1 aliphatic rings. The van der Waals surface area contributed by atoms with Gasteiger partial charge in [-0.25, -0.2) is 9.37 Å². The molecule has 1 aliphatic carbocycles. The summed E-state index contributed by atoms with van der Waals surface area (Å²) in [5, 5.41) is 13.4. The molecule has 13 heteroatoms. The predicted octanol–water partition coefficient (Wildman–Crippen LogP) is 5.36. The Morgan fingerprint density at radius 2 is 1.84 bits per heavy atom. The van der Waals surface area contributed by atoms with Crippen LogP contribution < -0.4 is 5.32 Å². The van der Waals surface area contributed by atoms with Crippen molar-refractivity contribution in [3.05, 3.63) is 46.3 Å². The molecule has 0 radical (unpaired) electrons. The van der Waals surface area contributed by atoms with Crippen molar-refractivity contribution in [1.29, 1.82) is 0 Å². The zero-order chi connectivity index (χ0) is 28.9. The molecule has 1 fully saturated rings. The number of hydrogen-bond acceptors (Lipinski definition) is 5. The molecule has 0 aliphatic heterocycles. The van der Waals surface area contributed by atoms with Gasteiger partial charge in [0.25, 0.3) is 5.91 Å². The number of aliphatic hydroxyl groups is 1. The summed E-state index contributed by atoms with van der Waals surface area (Å²) >= 11 is 5.73. The molecule has 1 aromatic heterocycles. The first-order valence-electron chi connectivity index (χ1n) is 12.1. The minimum Gasteiger partial charge on any atom is -0.388 e. The number of aromatic nitrogens is 2. The molecule has 3 rings (SSSR count). The molecule has 0 spiro atoms. The summed E-state index contributed by atoms with van der Waals surface area (Å²) < 4.78 is 72.6. The Kier molecular flexibility index (Phi) is 10.7. The quantitative estimate of drug-likeness (QED) is 0.429. The van der Waals surface area contributed by atoms with Crippen molar-refractivity contribution < 1.29 is 35.9 Å². The van der Waals surface area contributed by atoms with Gasteiger partial charge in [-0.1, -0.05) is 45.4 Å². The van der Waals surface area contributed by atoms with Gasteiger partial charge in [-0.3, -0.25) is 9.36 Å². The van der Waals surface area contributed by atoms with Crippen molar-refractivity contribution in [2.24, 2.45) is 11.3 Å². The summed E-state index contributed by atoms with van der Waals surface area (Å²) in [7, 11) is 0. The Hall–Kier alpha value is -2.31. The van der Waals surface area contributed by atoms with E-state index in [-0.39, 0.29) is 28.6 Å². The Morgan fingerprint density at radius 3 is 2.34 bits per heavy atom. The molecule has 7 nitrogen and oxygen atoms in total. The zero-order valence-electron chi connectivity index (χ0n) is 21.6. The van der Waals surface area contributed by atoms with E-state index in [4.69, 9.17) is 20.0 Å². The predicted molar refractivity (Wildman–Crippen MR) is 135 cm³/mol. The van der Waals surface area contributed by atoms with E-state index >= 15 is 0 Å². The van der Waals surface area contributed by atoms with Crippen LogP contribution in [0.5, 0.6) is 0 Å². The Bertz CT molecular complexity index is 1170. The van der Waals surface area contributed by atoms with Crippen LogP contribution in [-0.4, -0.2) is 47.3 Å². The maximum absolute atomic E-state index is 14.8. The van der Waals surface area contributed by atoms with Gasteiger partial charge in [0.2, 0.25) is 0 Å². The van der Waals surface area contributed by atoms with Crippen molar-refractivity contribution in [1.82, 2.24) is 14.9 Å². The maximum Gasteiger partial charge on any atom is 0.394 e. The van der Waals surface area contributed by atoms with Crippen molar-refractivity contribution >= 4 is 29.1 Å². The second-order valence-corrected chi connectivity index (χ2v) is 10.8. The highest BCUT2D eigenvalue weighted by Gasteiger charge is 2.47. The summed E-state index contributed by atoms with van der Waals surface area (Å²) in [6, 6.07) is 3.86. The topological polar surface area (TPSA) is 101 Å². The van der Waals surface area contributed by atoms with E-state index in [1.165, 1.54) is 16.7 Å². The highest BCUT2D eigenvalue weighted by molar-refractivity contribution is 7.51. The third-order valence-electron chi connectivity index (χ3n) is 6.90. The monoisotopic (exact) mass is 581 g/mol. The number of carbonyl (C=O) groups excluding carboxylic acids is 1. The molecule has 212 valence electrons. The number of rotatable bonds is 7. The molecule has 0 saturated heterocycles. The van der Waals surface area contributed by atoms with Gasteiger partial charge < -0.3 is 10.4 Å².